The zero-order chi connectivity index (χ0) is 13.7. The van der Waals surface area contributed by atoms with Crippen molar-refractivity contribution in [1.29, 1.82) is 0 Å². The molecule has 0 aromatic heterocycles. The molecule has 2 heteroatoms. The first-order valence-electron chi connectivity index (χ1n) is 8.66. The van der Waals surface area contributed by atoms with Gasteiger partial charge in [0, 0.05) is 25.2 Å². The van der Waals surface area contributed by atoms with Gasteiger partial charge in [0.1, 0.15) is 0 Å². The molecule has 1 N–H and O–H groups in total. The van der Waals surface area contributed by atoms with Crippen molar-refractivity contribution in [2.24, 2.45) is 11.8 Å². The van der Waals surface area contributed by atoms with E-state index >= 15 is 0 Å². The Morgan fingerprint density at radius 3 is 2.53 bits per heavy atom. The van der Waals surface area contributed by atoms with Crippen LogP contribution in [0.4, 0.5) is 0 Å². The van der Waals surface area contributed by atoms with Crippen LogP contribution in [0.1, 0.15) is 65.7 Å². The van der Waals surface area contributed by atoms with Gasteiger partial charge in [-0.15, -0.1) is 0 Å². The Labute approximate surface area is 120 Å². The highest BCUT2D eigenvalue weighted by atomic mass is 15.2. The average Bonchev–Trinajstić information content (AvgIpc) is 2.34. The van der Waals surface area contributed by atoms with Crippen LogP contribution >= 0.6 is 0 Å². The smallest absolute Gasteiger partial charge is 0.0198 e. The summed E-state index contributed by atoms with van der Waals surface area (Å²) in [6.07, 6.45) is 10.00. The molecule has 2 atom stereocenters. The summed E-state index contributed by atoms with van der Waals surface area (Å²) in [6, 6.07) is 1.45. The molecule has 0 aromatic carbocycles. The third-order valence-corrected chi connectivity index (χ3v) is 5.18. The first kappa shape index (κ1) is 15.3. The lowest BCUT2D eigenvalue weighted by molar-refractivity contribution is 0.102. The van der Waals surface area contributed by atoms with Gasteiger partial charge in [-0.25, -0.2) is 0 Å². The number of likely N-dealkylation sites (tertiary alicyclic amines) is 1. The molecule has 0 aromatic rings. The van der Waals surface area contributed by atoms with Gasteiger partial charge in [0.25, 0.3) is 0 Å². The van der Waals surface area contributed by atoms with E-state index < -0.39 is 0 Å². The second-order valence-electron chi connectivity index (χ2n) is 7.19. The van der Waals surface area contributed by atoms with Crippen molar-refractivity contribution in [2.75, 3.05) is 19.6 Å². The maximum Gasteiger partial charge on any atom is 0.0198 e. The van der Waals surface area contributed by atoms with E-state index in [0.29, 0.717) is 6.04 Å². The molecule has 0 spiro atoms. The summed E-state index contributed by atoms with van der Waals surface area (Å²) in [5.74, 6) is 1.92. The van der Waals surface area contributed by atoms with Crippen LogP contribution in [0.25, 0.3) is 0 Å². The molecule has 2 aliphatic rings. The Kier molecular flexibility index (Phi) is 6.15. The van der Waals surface area contributed by atoms with E-state index in [1.165, 1.54) is 64.6 Å². The van der Waals surface area contributed by atoms with Gasteiger partial charge in [0.05, 0.1) is 0 Å². The molecule has 0 radical (unpaired) electrons. The summed E-state index contributed by atoms with van der Waals surface area (Å²) in [4.78, 5) is 2.70. The molecule has 2 rings (SSSR count). The van der Waals surface area contributed by atoms with Gasteiger partial charge in [-0.2, -0.15) is 0 Å². The monoisotopic (exact) mass is 266 g/mol. The summed E-state index contributed by atoms with van der Waals surface area (Å²) < 4.78 is 0. The van der Waals surface area contributed by atoms with E-state index in [1.54, 1.807) is 0 Å². The molecule has 112 valence electrons. The molecule has 2 nitrogen and oxygen atoms in total. The maximum absolute atomic E-state index is 3.87. The Bertz CT molecular complexity index is 248. The number of unbranched alkanes of at least 4 members (excludes halogenated alkanes) is 1. The Hall–Kier alpha value is -0.0800. The number of rotatable bonds is 7. The highest BCUT2D eigenvalue weighted by molar-refractivity contribution is 4.86. The summed E-state index contributed by atoms with van der Waals surface area (Å²) in [5.41, 5.74) is 0. The highest BCUT2D eigenvalue weighted by Crippen LogP contribution is 2.27. The zero-order valence-electron chi connectivity index (χ0n) is 13.3. The third kappa shape index (κ3) is 4.75. The van der Waals surface area contributed by atoms with Crippen molar-refractivity contribution < 1.29 is 0 Å². The van der Waals surface area contributed by atoms with E-state index in [1.807, 2.05) is 0 Å². The van der Waals surface area contributed by atoms with Crippen LogP contribution in [0.5, 0.6) is 0 Å². The molecule has 0 amide bonds. The van der Waals surface area contributed by atoms with Gasteiger partial charge in [-0.1, -0.05) is 26.2 Å². The fourth-order valence-electron chi connectivity index (χ4n) is 3.54. The van der Waals surface area contributed by atoms with Crippen LogP contribution in [0.3, 0.4) is 0 Å². The lowest BCUT2D eigenvalue weighted by Crippen LogP contribution is -2.52. The molecule has 2 unspecified atom stereocenters. The molecule has 1 aliphatic carbocycles. The Morgan fingerprint density at radius 2 is 1.95 bits per heavy atom. The summed E-state index contributed by atoms with van der Waals surface area (Å²) in [5, 5.41) is 3.87. The predicted molar refractivity (Wildman–Crippen MR) is 83.5 cm³/mol. The molecule has 1 saturated heterocycles. The van der Waals surface area contributed by atoms with Gasteiger partial charge >= 0.3 is 0 Å². The molecule has 1 aliphatic heterocycles. The number of hydrogen-bond acceptors (Lipinski definition) is 2. The molecular weight excluding hydrogens is 232 g/mol. The molecule has 19 heavy (non-hydrogen) atoms. The number of nitrogens with one attached hydrogen (secondary N) is 1. The van der Waals surface area contributed by atoms with Crippen molar-refractivity contribution in [2.45, 2.75) is 77.8 Å². The zero-order valence-corrected chi connectivity index (χ0v) is 13.3. The number of hydrogen-bond donors (Lipinski definition) is 1. The van der Waals surface area contributed by atoms with Crippen LogP contribution in [0, 0.1) is 11.8 Å². The summed E-state index contributed by atoms with van der Waals surface area (Å²) in [7, 11) is 0. The van der Waals surface area contributed by atoms with Crippen molar-refractivity contribution in [3.8, 4) is 0 Å². The first-order valence-corrected chi connectivity index (χ1v) is 8.66. The fraction of sp³-hybridized carbons (Fsp3) is 1.00. The van der Waals surface area contributed by atoms with E-state index in [2.05, 4.69) is 31.0 Å². The molecule has 1 saturated carbocycles. The van der Waals surface area contributed by atoms with Crippen molar-refractivity contribution in [3.05, 3.63) is 0 Å². The van der Waals surface area contributed by atoms with Gasteiger partial charge in [-0.3, -0.25) is 4.90 Å². The van der Waals surface area contributed by atoms with Crippen LogP contribution < -0.4 is 5.32 Å². The van der Waals surface area contributed by atoms with Crippen LogP contribution in [0.2, 0.25) is 0 Å². The van der Waals surface area contributed by atoms with Gasteiger partial charge in [0.15, 0.2) is 0 Å². The van der Waals surface area contributed by atoms with Crippen molar-refractivity contribution in [3.63, 3.8) is 0 Å². The molecule has 1 heterocycles. The first-order chi connectivity index (χ1) is 9.19. The summed E-state index contributed by atoms with van der Waals surface area (Å²) in [6.45, 7) is 10.9. The van der Waals surface area contributed by atoms with Gasteiger partial charge in [-0.05, 0) is 57.9 Å². The number of piperidine rings is 1. The standard InChI is InChI=1S/C17H34N2/c1-4-5-7-16-10-17(13-19(12-16)14(2)3)18-11-15-8-6-9-15/h14-18H,4-13H2,1-3H3. The Balaban J connectivity index is 1.78. The lowest BCUT2D eigenvalue weighted by Gasteiger charge is -2.41. The normalized spacial score (nSPS) is 29.7. The topological polar surface area (TPSA) is 15.3 Å². The average molecular weight is 266 g/mol. The van der Waals surface area contributed by atoms with E-state index in [4.69, 9.17) is 0 Å². The van der Waals surface area contributed by atoms with Gasteiger partial charge < -0.3 is 5.32 Å². The molecular formula is C17H34N2. The van der Waals surface area contributed by atoms with Crippen molar-refractivity contribution in [1.82, 2.24) is 10.2 Å². The third-order valence-electron chi connectivity index (χ3n) is 5.18. The predicted octanol–water partition coefficient (Wildman–Crippen LogP) is 3.67. The largest absolute Gasteiger partial charge is 0.312 e. The SMILES string of the molecule is CCCCC1CC(NCC2CCC2)CN(C(C)C)C1. The molecule has 2 fully saturated rings. The van der Waals surface area contributed by atoms with E-state index in [9.17, 15) is 0 Å². The second kappa shape index (κ2) is 7.64. The van der Waals surface area contributed by atoms with Crippen LogP contribution in [0.15, 0.2) is 0 Å². The summed E-state index contributed by atoms with van der Waals surface area (Å²) >= 11 is 0. The Morgan fingerprint density at radius 1 is 1.16 bits per heavy atom. The minimum absolute atomic E-state index is 0.706. The maximum atomic E-state index is 3.87. The van der Waals surface area contributed by atoms with E-state index in [0.717, 1.165) is 17.9 Å². The van der Waals surface area contributed by atoms with Crippen LogP contribution in [-0.4, -0.2) is 36.6 Å². The minimum atomic E-state index is 0.706. The number of nitrogens with zero attached hydrogens (tertiary/aromatic N) is 1. The highest BCUT2D eigenvalue weighted by Gasteiger charge is 2.28. The van der Waals surface area contributed by atoms with Gasteiger partial charge in [0.2, 0.25) is 0 Å². The minimum Gasteiger partial charge on any atom is -0.312 e. The lowest BCUT2D eigenvalue weighted by atomic mass is 9.84. The van der Waals surface area contributed by atoms with E-state index in [-0.39, 0.29) is 0 Å². The van der Waals surface area contributed by atoms with Crippen molar-refractivity contribution >= 4 is 0 Å². The second-order valence-corrected chi connectivity index (χ2v) is 7.19. The molecule has 0 bridgehead atoms. The quantitative estimate of drug-likeness (QED) is 0.756. The fourth-order valence-corrected chi connectivity index (χ4v) is 3.54. The van der Waals surface area contributed by atoms with Crippen LogP contribution in [-0.2, 0) is 0 Å².